The van der Waals surface area contributed by atoms with Gasteiger partial charge in [-0.1, -0.05) is 70.5 Å². The molecule has 0 atom stereocenters. The lowest BCUT2D eigenvalue weighted by atomic mass is 9.76. The van der Waals surface area contributed by atoms with Crippen molar-refractivity contribution < 1.29 is 48.2 Å². The van der Waals surface area contributed by atoms with Gasteiger partial charge < -0.3 is 9.47 Å². The Morgan fingerprint density at radius 3 is 1.16 bits per heavy atom. The van der Waals surface area contributed by atoms with E-state index < -0.39 is 40.4 Å². The summed E-state index contributed by atoms with van der Waals surface area (Å²) in [5.74, 6) is -0.579. The van der Waals surface area contributed by atoms with Crippen molar-refractivity contribution >= 4 is 50.8 Å². The molecule has 0 radical (unpaired) electrons. The van der Waals surface area contributed by atoms with Gasteiger partial charge in [-0.3, -0.25) is 0 Å². The van der Waals surface area contributed by atoms with E-state index in [1.54, 1.807) is 24.3 Å². The first kappa shape index (κ1) is 39.1. The topological polar surface area (TPSA) is 124 Å². The van der Waals surface area contributed by atoms with E-state index in [0.717, 1.165) is 42.5 Å². The van der Waals surface area contributed by atoms with Gasteiger partial charge in [0.15, 0.2) is 0 Å². The fraction of sp³-hybridized carbons (Fsp3) is 0.385. The molecule has 0 saturated heterocycles. The molecular formula is C39H48O10Si2. The summed E-state index contributed by atoms with van der Waals surface area (Å²) < 4.78 is 10.8. The third kappa shape index (κ3) is 10.7. The van der Waals surface area contributed by atoms with Crippen molar-refractivity contribution in [2.45, 2.75) is 83.1 Å². The molecule has 272 valence electrons. The summed E-state index contributed by atoms with van der Waals surface area (Å²) in [5, 5.41) is 2.09. The van der Waals surface area contributed by atoms with Gasteiger partial charge in [0.1, 0.15) is 28.4 Å². The summed E-state index contributed by atoms with van der Waals surface area (Å²) in [5.41, 5.74) is 8.11. The standard InChI is InChI=1S/C39H48O10Si2/c1-7-50(5,8-2)34-23-15-30(16-24-34)36(40)46-48-38(42)44-32-19-11-28(12-20-32)27-29-13-21-33(22-14-29)45-39(43)49-47-37(41)31-17-25-35(26-18-31)51(6,9-3)10-4/h7-10,15-18,23-26,28-29,32-33H,1-4,11-14,19-22,27H2,5-6H3. The molecule has 0 amide bonds. The van der Waals surface area contributed by atoms with Crippen molar-refractivity contribution in [3.63, 3.8) is 0 Å². The maximum atomic E-state index is 12.4. The lowest BCUT2D eigenvalue weighted by Gasteiger charge is -2.33. The maximum absolute atomic E-state index is 12.4. The molecule has 10 nitrogen and oxygen atoms in total. The average Bonchev–Trinajstić information content (AvgIpc) is 3.17. The van der Waals surface area contributed by atoms with Crippen molar-refractivity contribution in [3.05, 3.63) is 109 Å². The lowest BCUT2D eigenvalue weighted by Crippen LogP contribution is -2.40. The van der Waals surface area contributed by atoms with Crippen molar-refractivity contribution in [1.29, 1.82) is 0 Å². The highest BCUT2D eigenvalue weighted by atomic mass is 28.3. The number of benzene rings is 2. The van der Waals surface area contributed by atoms with E-state index in [1.165, 1.54) is 0 Å². The highest BCUT2D eigenvalue weighted by molar-refractivity contribution is 6.99. The average molecular weight is 733 g/mol. The van der Waals surface area contributed by atoms with Gasteiger partial charge >= 0.3 is 24.2 Å². The molecule has 2 saturated carbocycles. The van der Waals surface area contributed by atoms with Gasteiger partial charge in [0.2, 0.25) is 0 Å². The van der Waals surface area contributed by atoms with Gasteiger partial charge in [-0.2, -0.15) is 9.59 Å². The SMILES string of the molecule is C=C[Si](C)(C=C)c1ccc(C(=O)OOC(=O)OC2CCC(CC3CCC(OC(=O)OOC(=O)c4ccc([Si](C)(C=C)C=C)cc4)CC3)CC2)cc1. The second-order valence-electron chi connectivity index (χ2n) is 13.7. The zero-order valence-corrected chi connectivity index (χ0v) is 31.5. The van der Waals surface area contributed by atoms with E-state index in [1.807, 2.05) is 47.1 Å². The van der Waals surface area contributed by atoms with Crippen LogP contribution >= 0.6 is 0 Å². The van der Waals surface area contributed by atoms with E-state index in [4.69, 9.17) is 19.2 Å². The Morgan fingerprint density at radius 2 is 0.863 bits per heavy atom. The molecular weight excluding hydrogens is 685 g/mol. The summed E-state index contributed by atoms with van der Waals surface area (Å²) in [6, 6.07) is 13.8. The Labute approximate surface area is 302 Å². The molecule has 0 heterocycles. The summed E-state index contributed by atoms with van der Waals surface area (Å²) in [6.07, 6.45) is 4.77. The summed E-state index contributed by atoms with van der Waals surface area (Å²) in [6.45, 7) is 19.8. The third-order valence-corrected chi connectivity index (χ3v) is 16.9. The zero-order valence-electron chi connectivity index (χ0n) is 29.5. The number of carbonyl (C=O) groups is 4. The Bertz CT molecular complexity index is 1440. The summed E-state index contributed by atoms with van der Waals surface area (Å²) in [7, 11) is -4.01. The zero-order chi connectivity index (χ0) is 37.0. The van der Waals surface area contributed by atoms with E-state index in [2.05, 4.69) is 49.2 Å². The van der Waals surface area contributed by atoms with Gasteiger partial charge in [0.05, 0.1) is 11.1 Å². The van der Waals surface area contributed by atoms with Crippen LogP contribution in [0, 0.1) is 11.8 Å². The summed E-state index contributed by atoms with van der Waals surface area (Å²) in [4.78, 5) is 67.9. The van der Waals surface area contributed by atoms with Crippen LogP contribution in [0.3, 0.4) is 0 Å². The minimum Gasteiger partial charge on any atom is -0.428 e. The quantitative estimate of drug-likeness (QED) is 0.0924. The Balaban J connectivity index is 1.08. The second-order valence-corrected chi connectivity index (χ2v) is 21.6. The number of ether oxygens (including phenoxy) is 2. The molecule has 51 heavy (non-hydrogen) atoms. The molecule has 0 bridgehead atoms. The number of hydrogen-bond acceptors (Lipinski definition) is 10. The molecule has 4 rings (SSSR count). The maximum Gasteiger partial charge on any atom is 0.550 e. The predicted octanol–water partition coefficient (Wildman–Crippen LogP) is 7.82. The van der Waals surface area contributed by atoms with Crippen LogP contribution in [0.25, 0.3) is 0 Å². The van der Waals surface area contributed by atoms with E-state index in [-0.39, 0.29) is 23.3 Å². The number of carbonyl (C=O) groups excluding carboxylic acids is 4. The first-order valence-electron chi connectivity index (χ1n) is 17.4. The van der Waals surface area contributed by atoms with Crippen LogP contribution in [0.15, 0.2) is 97.6 Å². The molecule has 2 aliphatic carbocycles. The van der Waals surface area contributed by atoms with Crippen LogP contribution in [0.4, 0.5) is 9.59 Å². The van der Waals surface area contributed by atoms with Gasteiger partial charge in [-0.15, -0.1) is 26.3 Å². The van der Waals surface area contributed by atoms with Crippen LogP contribution in [-0.2, 0) is 29.0 Å². The highest BCUT2D eigenvalue weighted by Gasteiger charge is 2.31. The Morgan fingerprint density at radius 1 is 0.549 bits per heavy atom. The Kier molecular flexibility index (Phi) is 13.8. The normalized spacial score (nSPS) is 20.4. The Hall–Kier alpha value is -4.69. The minimum atomic E-state index is -2.00. The third-order valence-electron chi connectivity index (χ3n) is 10.3. The molecule has 2 aromatic carbocycles. The van der Waals surface area contributed by atoms with Crippen LogP contribution < -0.4 is 10.4 Å². The van der Waals surface area contributed by atoms with Crippen molar-refractivity contribution in [2.75, 3.05) is 0 Å². The van der Waals surface area contributed by atoms with Crippen LogP contribution in [0.5, 0.6) is 0 Å². The molecule has 12 heteroatoms. The fourth-order valence-corrected chi connectivity index (χ4v) is 9.61. The van der Waals surface area contributed by atoms with Gasteiger partial charge in [0, 0.05) is 0 Å². The monoisotopic (exact) mass is 732 g/mol. The molecule has 0 unspecified atom stereocenters. The van der Waals surface area contributed by atoms with Gasteiger partial charge in [0.25, 0.3) is 0 Å². The fourth-order valence-electron chi connectivity index (χ4n) is 6.56. The van der Waals surface area contributed by atoms with Crippen LogP contribution in [-0.4, -0.2) is 52.6 Å². The molecule has 2 aromatic rings. The van der Waals surface area contributed by atoms with Crippen LogP contribution in [0.1, 0.15) is 78.5 Å². The minimum absolute atomic E-state index is 0.248. The first-order chi connectivity index (χ1) is 24.4. The molecule has 0 aromatic heterocycles. The van der Waals surface area contributed by atoms with Gasteiger partial charge in [-0.05, 0) is 93.9 Å². The van der Waals surface area contributed by atoms with E-state index in [0.29, 0.717) is 37.5 Å². The molecule has 0 aliphatic heterocycles. The molecule has 2 fully saturated rings. The van der Waals surface area contributed by atoms with E-state index in [9.17, 15) is 19.2 Å². The highest BCUT2D eigenvalue weighted by Crippen LogP contribution is 2.37. The van der Waals surface area contributed by atoms with Crippen molar-refractivity contribution in [1.82, 2.24) is 0 Å². The molecule has 0 spiro atoms. The second kappa shape index (κ2) is 18.0. The molecule has 2 aliphatic rings. The van der Waals surface area contributed by atoms with E-state index >= 15 is 0 Å². The number of hydrogen-bond donors (Lipinski definition) is 0. The predicted molar refractivity (Wildman–Crippen MR) is 198 cm³/mol. The summed E-state index contributed by atoms with van der Waals surface area (Å²) >= 11 is 0. The lowest BCUT2D eigenvalue weighted by molar-refractivity contribution is -0.208. The van der Waals surface area contributed by atoms with Crippen LogP contribution in [0.2, 0.25) is 13.1 Å². The first-order valence-corrected chi connectivity index (χ1v) is 22.7. The van der Waals surface area contributed by atoms with Crippen molar-refractivity contribution in [3.8, 4) is 0 Å². The van der Waals surface area contributed by atoms with Gasteiger partial charge in [-0.25, -0.2) is 29.1 Å². The smallest absolute Gasteiger partial charge is 0.428 e. The molecule has 0 N–H and O–H groups in total. The van der Waals surface area contributed by atoms with Crippen molar-refractivity contribution in [2.24, 2.45) is 11.8 Å². The largest absolute Gasteiger partial charge is 0.550 e. The number of rotatable bonds is 12.